The second kappa shape index (κ2) is 8.73. The van der Waals surface area contributed by atoms with Gasteiger partial charge in [-0.1, -0.05) is 45.0 Å². The summed E-state index contributed by atoms with van der Waals surface area (Å²) in [6.07, 6.45) is -3.60. The maximum absolute atomic E-state index is 13.2. The van der Waals surface area contributed by atoms with E-state index in [1.165, 1.54) is 23.1 Å². The molecule has 1 aliphatic heterocycles. The molecule has 31 heavy (non-hydrogen) atoms. The number of amides is 2. The van der Waals surface area contributed by atoms with Crippen LogP contribution in [0.15, 0.2) is 48.5 Å². The van der Waals surface area contributed by atoms with Crippen molar-refractivity contribution >= 4 is 11.8 Å². The minimum atomic E-state index is -4.58. The molecule has 7 heteroatoms. The Hall–Kier alpha value is -2.83. The van der Waals surface area contributed by atoms with Crippen molar-refractivity contribution in [2.75, 3.05) is 13.1 Å². The van der Waals surface area contributed by atoms with Gasteiger partial charge in [-0.05, 0) is 48.1 Å². The van der Waals surface area contributed by atoms with Crippen LogP contribution < -0.4 is 5.32 Å². The number of piperidine rings is 1. The summed E-state index contributed by atoms with van der Waals surface area (Å²) in [5.74, 6) is -0.817. The Morgan fingerprint density at radius 2 is 1.52 bits per heavy atom. The van der Waals surface area contributed by atoms with Crippen LogP contribution >= 0.6 is 0 Å². The summed E-state index contributed by atoms with van der Waals surface area (Å²) < 4.78 is 39.6. The highest BCUT2D eigenvalue weighted by molar-refractivity contribution is 5.96. The second-order valence-corrected chi connectivity index (χ2v) is 8.91. The van der Waals surface area contributed by atoms with Gasteiger partial charge < -0.3 is 10.2 Å². The van der Waals surface area contributed by atoms with E-state index in [0.29, 0.717) is 31.5 Å². The Bertz CT molecular complexity index is 939. The summed E-state index contributed by atoms with van der Waals surface area (Å²) in [4.78, 5) is 26.6. The normalized spacial score (nSPS) is 15.6. The van der Waals surface area contributed by atoms with Gasteiger partial charge in [-0.15, -0.1) is 0 Å². The van der Waals surface area contributed by atoms with Gasteiger partial charge in [-0.2, -0.15) is 13.2 Å². The summed E-state index contributed by atoms with van der Waals surface area (Å²) in [5, 5.41) is 2.97. The molecule has 0 atom stereocenters. The molecule has 1 fully saturated rings. The molecule has 3 rings (SSSR count). The van der Waals surface area contributed by atoms with Gasteiger partial charge in [0.05, 0.1) is 11.1 Å². The predicted molar refractivity (Wildman–Crippen MR) is 113 cm³/mol. The number of hydrogen-bond acceptors (Lipinski definition) is 2. The monoisotopic (exact) mass is 432 g/mol. The second-order valence-electron chi connectivity index (χ2n) is 8.91. The third-order valence-corrected chi connectivity index (χ3v) is 5.59. The van der Waals surface area contributed by atoms with E-state index < -0.39 is 17.6 Å². The molecule has 2 aromatic carbocycles. The van der Waals surface area contributed by atoms with Gasteiger partial charge >= 0.3 is 6.18 Å². The van der Waals surface area contributed by atoms with Gasteiger partial charge in [0.2, 0.25) is 0 Å². The third kappa shape index (κ3) is 5.46. The van der Waals surface area contributed by atoms with Crippen LogP contribution in [-0.2, 0) is 11.6 Å². The van der Waals surface area contributed by atoms with Gasteiger partial charge in [-0.25, -0.2) is 0 Å². The summed E-state index contributed by atoms with van der Waals surface area (Å²) >= 11 is 0. The molecule has 2 aromatic rings. The van der Waals surface area contributed by atoms with Crippen LogP contribution in [-0.4, -0.2) is 35.8 Å². The van der Waals surface area contributed by atoms with E-state index in [4.69, 9.17) is 0 Å². The fraction of sp³-hybridized carbons (Fsp3) is 0.417. The zero-order valence-electron chi connectivity index (χ0n) is 17.9. The molecule has 166 valence electrons. The smallest absolute Gasteiger partial charge is 0.349 e. The maximum atomic E-state index is 13.2. The molecule has 2 amide bonds. The molecule has 0 aliphatic carbocycles. The van der Waals surface area contributed by atoms with E-state index >= 15 is 0 Å². The van der Waals surface area contributed by atoms with Crippen molar-refractivity contribution < 1.29 is 22.8 Å². The van der Waals surface area contributed by atoms with E-state index in [9.17, 15) is 22.8 Å². The maximum Gasteiger partial charge on any atom is 0.417 e. The number of likely N-dealkylation sites (tertiary alicyclic amines) is 1. The summed E-state index contributed by atoms with van der Waals surface area (Å²) in [6, 6.07) is 12.2. The fourth-order valence-electron chi connectivity index (χ4n) is 3.70. The molecule has 0 bridgehead atoms. The Kier molecular flexibility index (Phi) is 6.43. The van der Waals surface area contributed by atoms with E-state index in [1.807, 2.05) is 12.1 Å². The fourth-order valence-corrected chi connectivity index (χ4v) is 3.70. The molecule has 0 spiro atoms. The first-order chi connectivity index (χ1) is 14.5. The number of hydrogen-bond donors (Lipinski definition) is 1. The lowest BCUT2D eigenvalue weighted by Crippen LogP contribution is -2.46. The van der Waals surface area contributed by atoms with Gasteiger partial charge in [0.1, 0.15) is 0 Å². The summed E-state index contributed by atoms with van der Waals surface area (Å²) in [6.45, 7) is 6.89. The molecular formula is C24H27F3N2O2. The van der Waals surface area contributed by atoms with Crippen molar-refractivity contribution in [3.05, 3.63) is 70.8 Å². The molecule has 1 N–H and O–H groups in total. The van der Waals surface area contributed by atoms with Crippen molar-refractivity contribution in [3.63, 3.8) is 0 Å². The average molecular weight is 432 g/mol. The molecular weight excluding hydrogens is 405 g/mol. The third-order valence-electron chi connectivity index (χ3n) is 5.59. The highest BCUT2D eigenvalue weighted by Gasteiger charge is 2.36. The lowest BCUT2D eigenvalue weighted by atomic mass is 9.86. The van der Waals surface area contributed by atoms with Crippen LogP contribution in [0.2, 0.25) is 0 Å². The van der Waals surface area contributed by atoms with Gasteiger partial charge in [0.15, 0.2) is 0 Å². The molecule has 0 aromatic heterocycles. The topological polar surface area (TPSA) is 49.4 Å². The van der Waals surface area contributed by atoms with E-state index in [2.05, 4.69) is 26.1 Å². The summed E-state index contributed by atoms with van der Waals surface area (Å²) in [7, 11) is 0. The zero-order chi connectivity index (χ0) is 22.8. The standard InChI is InChI=1S/C24H27F3N2O2/c1-23(2,3)17-10-8-16(9-11-17)21(30)28-18-12-14-29(15-13-18)22(31)19-6-4-5-7-20(19)24(25,26)27/h4-11,18H,12-15H2,1-3H3,(H,28,30). The van der Waals surface area contributed by atoms with E-state index in [-0.39, 0.29) is 22.9 Å². The first kappa shape index (κ1) is 22.8. The Labute approximate surface area is 180 Å². The van der Waals surface area contributed by atoms with Crippen LogP contribution in [0.1, 0.15) is 65.5 Å². The number of halogens is 3. The first-order valence-corrected chi connectivity index (χ1v) is 10.3. The van der Waals surface area contributed by atoms with E-state index in [0.717, 1.165) is 11.6 Å². The van der Waals surface area contributed by atoms with Crippen LogP contribution in [0.3, 0.4) is 0 Å². The van der Waals surface area contributed by atoms with Crippen molar-refractivity contribution in [2.45, 2.75) is 51.2 Å². The molecule has 1 aliphatic rings. The quantitative estimate of drug-likeness (QED) is 0.739. The first-order valence-electron chi connectivity index (χ1n) is 10.3. The van der Waals surface area contributed by atoms with Crippen molar-refractivity contribution in [2.24, 2.45) is 0 Å². The van der Waals surface area contributed by atoms with Gasteiger partial charge in [0.25, 0.3) is 11.8 Å². The molecule has 0 saturated carbocycles. The van der Waals surface area contributed by atoms with Crippen LogP contribution in [0.4, 0.5) is 13.2 Å². The highest BCUT2D eigenvalue weighted by atomic mass is 19.4. The number of carbonyl (C=O) groups excluding carboxylic acids is 2. The number of nitrogens with one attached hydrogen (secondary N) is 1. The molecule has 0 unspecified atom stereocenters. The largest absolute Gasteiger partial charge is 0.417 e. The Morgan fingerprint density at radius 1 is 0.935 bits per heavy atom. The highest BCUT2D eigenvalue weighted by Crippen LogP contribution is 2.32. The minimum Gasteiger partial charge on any atom is -0.349 e. The van der Waals surface area contributed by atoms with Crippen LogP contribution in [0.25, 0.3) is 0 Å². The van der Waals surface area contributed by atoms with Crippen molar-refractivity contribution in [3.8, 4) is 0 Å². The number of nitrogens with zero attached hydrogens (tertiary/aromatic N) is 1. The van der Waals surface area contributed by atoms with Crippen LogP contribution in [0, 0.1) is 0 Å². The lowest BCUT2D eigenvalue weighted by Gasteiger charge is -2.33. The Balaban J connectivity index is 1.59. The zero-order valence-corrected chi connectivity index (χ0v) is 17.9. The number of benzene rings is 2. The Morgan fingerprint density at radius 3 is 2.06 bits per heavy atom. The van der Waals surface area contributed by atoms with Crippen LogP contribution in [0.5, 0.6) is 0 Å². The molecule has 0 radical (unpaired) electrons. The van der Waals surface area contributed by atoms with E-state index in [1.54, 1.807) is 12.1 Å². The molecule has 4 nitrogen and oxygen atoms in total. The molecule has 1 saturated heterocycles. The predicted octanol–water partition coefficient (Wildman–Crippen LogP) is 5.04. The lowest BCUT2D eigenvalue weighted by molar-refractivity contribution is -0.138. The average Bonchev–Trinajstić information content (AvgIpc) is 2.72. The minimum absolute atomic E-state index is 0.000887. The van der Waals surface area contributed by atoms with Crippen molar-refractivity contribution in [1.82, 2.24) is 10.2 Å². The summed E-state index contributed by atoms with van der Waals surface area (Å²) in [5.41, 5.74) is 0.435. The van der Waals surface area contributed by atoms with Crippen molar-refractivity contribution in [1.29, 1.82) is 0 Å². The SMILES string of the molecule is CC(C)(C)c1ccc(C(=O)NC2CCN(C(=O)c3ccccc3C(F)(F)F)CC2)cc1. The molecule has 1 heterocycles. The number of carbonyl (C=O) groups is 2. The van der Waals surface area contributed by atoms with Gasteiger partial charge in [-0.3, -0.25) is 9.59 Å². The number of rotatable bonds is 3. The number of alkyl halides is 3. The van der Waals surface area contributed by atoms with Gasteiger partial charge in [0, 0.05) is 24.7 Å².